The van der Waals surface area contributed by atoms with Crippen molar-refractivity contribution in [1.29, 1.82) is 0 Å². The van der Waals surface area contributed by atoms with Gasteiger partial charge in [0.05, 0.1) is 6.16 Å². The summed E-state index contributed by atoms with van der Waals surface area (Å²) in [6, 6.07) is 33.0. The van der Waals surface area contributed by atoms with E-state index in [9.17, 15) is 4.79 Å². The van der Waals surface area contributed by atoms with E-state index in [1.165, 1.54) is 73.7 Å². The lowest BCUT2D eigenvalue weighted by molar-refractivity contribution is -0.121. The Morgan fingerprint density at radius 2 is 0.973 bits per heavy atom. The summed E-state index contributed by atoms with van der Waals surface area (Å²) in [5, 5.41) is 7.44. The number of nitrogens with one attached hydrogen (secondary N) is 1. The van der Waals surface area contributed by atoms with Crippen LogP contribution in [0.2, 0.25) is 0 Å². The van der Waals surface area contributed by atoms with Crippen molar-refractivity contribution in [2.24, 2.45) is 0 Å². The summed E-state index contributed by atoms with van der Waals surface area (Å²) in [4.78, 5) is 12.5. The average molecular weight is 517 g/mol. The number of hydrogen-bond donors (Lipinski definition) is 1. The van der Waals surface area contributed by atoms with Crippen molar-refractivity contribution in [3.05, 3.63) is 91.0 Å². The van der Waals surface area contributed by atoms with Crippen LogP contribution in [-0.2, 0) is 4.79 Å². The number of hydrogen-bond acceptors (Lipinski definition) is 1. The minimum atomic E-state index is -1.81. The van der Waals surface area contributed by atoms with Gasteiger partial charge in [0.2, 0.25) is 5.91 Å². The van der Waals surface area contributed by atoms with E-state index in [0.717, 1.165) is 25.5 Å². The smallest absolute Gasteiger partial charge is 0.219 e. The van der Waals surface area contributed by atoms with Crippen molar-refractivity contribution in [2.45, 2.75) is 84.0 Å². The van der Waals surface area contributed by atoms with E-state index in [0.29, 0.717) is 6.42 Å². The maximum absolute atomic E-state index is 12.5. The van der Waals surface area contributed by atoms with Crippen LogP contribution in [0.3, 0.4) is 0 Å². The average Bonchev–Trinajstić information content (AvgIpc) is 2.96. The van der Waals surface area contributed by atoms with Crippen LogP contribution in [0, 0.1) is 0 Å². The van der Waals surface area contributed by atoms with E-state index in [2.05, 4.69) is 103 Å². The highest BCUT2D eigenvalue weighted by molar-refractivity contribution is 7.95. The molecule has 0 fully saturated rings. The van der Waals surface area contributed by atoms with Crippen LogP contribution < -0.4 is 21.2 Å². The second-order valence-electron chi connectivity index (χ2n) is 10.2. The molecule has 0 aromatic heterocycles. The minimum absolute atomic E-state index is 0.211. The number of amides is 1. The third kappa shape index (κ3) is 9.42. The molecule has 1 N–H and O–H groups in total. The molecule has 0 saturated heterocycles. The molecule has 2 nitrogen and oxygen atoms in total. The fourth-order valence-corrected chi connectivity index (χ4v) is 9.63. The van der Waals surface area contributed by atoms with Gasteiger partial charge in [0.25, 0.3) is 0 Å². The van der Waals surface area contributed by atoms with Crippen LogP contribution in [0.4, 0.5) is 0 Å². The molecular formula is C34H47NOP+. The van der Waals surface area contributed by atoms with Gasteiger partial charge in [-0.15, -0.1) is 0 Å². The molecule has 3 aromatic rings. The van der Waals surface area contributed by atoms with Gasteiger partial charge < -0.3 is 5.32 Å². The Balaban J connectivity index is 1.50. The highest BCUT2D eigenvalue weighted by atomic mass is 31.2. The Hall–Kier alpha value is -2.44. The third-order valence-electron chi connectivity index (χ3n) is 7.34. The number of carbonyl (C=O) groups excluding carboxylic acids is 1. The predicted molar refractivity (Wildman–Crippen MR) is 164 cm³/mol. The molecule has 3 rings (SSSR count). The zero-order valence-corrected chi connectivity index (χ0v) is 23.8. The number of carbonyl (C=O) groups is 1. The minimum Gasteiger partial charge on any atom is -0.356 e. The number of unbranched alkanes of at least 4 members (excludes halogenated alkanes) is 9. The molecule has 0 bridgehead atoms. The Morgan fingerprint density at radius 1 is 0.568 bits per heavy atom. The fraction of sp³-hybridized carbons (Fsp3) is 0.441. The van der Waals surface area contributed by atoms with Gasteiger partial charge in [0.15, 0.2) is 0 Å². The van der Waals surface area contributed by atoms with Crippen molar-refractivity contribution in [2.75, 3.05) is 12.7 Å². The summed E-state index contributed by atoms with van der Waals surface area (Å²) in [6.07, 6.45) is 15.6. The molecule has 0 radical (unpaired) electrons. The second-order valence-corrected chi connectivity index (χ2v) is 13.8. The topological polar surface area (TPSA) is 29.1 Å². The molecule has 198 valence electrons. The SMILES string of the molecule is CCCCCCCCCCCCC(=O)NCCC[P+](c1ccccc1)(c1ccccc1)c1ccccc1. The molecule has 0 saturated carbocycles. The highest BCUT2D eigenvalue weighted by Crippen LogP contribution is 2.55. The molecule has 0 spiro atoms. The van der Waals surface area contributed by atoms with Gasteiger partial charge in [0, 0.05) is 13.0 Å². The monoisotopic (exact) mass is 516 g/mol. The molecule has 0 unspecified atom stereocenters. The first-order valence-corrected chi connectivity index (χ1v) is 16.6. The van der Waals surface area contributed by atoms with Crippen molar-refractivity contribution >= 4 is 29.1 Å². The zero-order chi connectivity index (χ0) is 26.0. The van der Waals surface area contributed by atoms with E-state index in [-0.39, 0.29) is 5.91 Å². The lowest BCUT2D eigenvalue weighted by Gasteiger charge is -2.27. The van der Waals surface area contributed by atoms with Gasteiger partial charge in [-0.25, -0.2) is 0 Å². The summed E-state index contributed by atoms with van der Waals surface area (Å²) in [5.74, 6) is 0.211. The highest BCUT2D eigenvalue weighted by Gasteiger charge is 2.44. The maximum Gasteiger partial charge on any atom is 0.219 e. The van der Waals surface area contributed by atoms with Gasteiger partial charge in [-0.2, -0.15) is 0 Å². The molecule has 0 heterocycles. The fourth-order valence-electron chi connectivity index (χ4n) is 5.29. The first kappa shape index (κ1) is 29.1. The van der Waals surface area contributed by atoms with Crippen LogP contribution in [0.15, 0.2) is 91.0 Å². The Labute approximate surface area is 226 Å². The van der Waals surface area contributed by atoms with Gasteiger partial charge in [0.1, 0.15) is 23.2 Å². The van der Waals surface area contributed by atoms with E-state index < -0.39 is 7.26 Å². The van der Waals surface area contributed by atoms with E-state index in [1.54, 1.807) is 0 Å². The van der Waals surface area contributed by atoms with Crippen molar-refractivity contribution in [3.63, 3.8) is 0 Å². The maximum atomic E-state index is 12.5. The second kappa shape index (κ2) is 17.1. The van der Waals surface area contributed by atoms with E-state index in [1.807, 2.05) is 0 Å². The Kier molecular flexibility index (Phi) is 13.5. The van der Waals surface area contributed by atoms with Gasteiger partial charge in [-0.1, -0.05) is 119 Å². The lowest BCUT2D eigenvalue weighted by atomic mass is 10.1. The van der Waals surface area contributed by atoms with Crippen LogP contribution in [0.25, 0.3) is 0 Å². The van der Waals surface area contributed by atoms with Crippen molar-refractivity contribution < 1.29 is 4.79 Å². The molecule has 0 aliphatic heterocycles. The van der Waals surface area contributed by atoms with Crippen molar-refractivity contribution in [1.82, 2.24) is 5.32 Å². The molecule has 0 aliphatic carbocycles. The Morgan fingerprint density at radius 3 is 1.41 bits per heavy atom. The predicted octanol–water partition coefficient (Wildman–Crippen LogP) is 7.80. The summed E-state index contributed by atoms with van der Waals surface area (Å²) < 4.78 is 0. The summed E-state index contributed by atoms with van der Waals surface area (Å²) in [6.45, 7) is 3.01. The lowest BCUT2D eigenvalue weighted by Crippen LogP contribution is -2.34. The van der Waals surface area contributed by atoms with Gasteiger partial charge >= 0.3 is 0 Å². The first-order valence-electron chi connectivity index (χ1n) is 14.6. The molecular weight excluding hydrogens is 469 g/mol. The van der Waals surface area contributed by atoms with Crippen molar-refractivity contribution in [3.8, 4) is 0 Å². The van der Waals surface area contributed by atoms with Crippen LogP contribution in [-0.4, -0.2) is 18.6 Å². The normalized spacial score (nSPS) is 11.4. The first-order chi connectivity index (χ1) is 18.3. The molecule has 3 aromatic carbocycles. The molecule has 0 aliphatic rings. The van der Waals surface area contributed by atoms with Gasteiger partial charge in [-0.05, 0) is 49.2 Å². The number of rotatable bonds is 18. The van der Waals surface area contributed by atoms with E-state index in [4.69, 9.17) is 0 Å². The summed E-state index contributed by atoms with van der Waals surface area (Å²) in [7, 11) is -1.81. The van der Waals surface area contributed by atoms with Crippen LogP contribution in [0.5, 0.6) is 0 Å². The zero-order valence-electron chi connectivity index (χ0n) is 22.9. The largest absolute Gasteiger partial charge is 0.356 e. The quantitative estimate of drug-likeness (QED) is 0.136. The summed E-state index contributed by atoms with van der Waals surface area (Å²) in [5.41, 5.74) is 0. The molecule has 1 amide bonds. The molecule has 0 atom stereocenters. The third-order valence-corrected chi connectivity index (χ3v) is 11.9. The van der Waals surface area contributed by atoms with Crippen LogP contribution >= 0.6 is 7.26 Å². The summed E-state index contributed by atoms with van der Waals surface area (Å²) >= 11 is 0. The molecule has 37 heavy (non-hydrogen) atoms. The molecule has 3 heteroatoms. The van der Waals surface area contributed by atoms with E-state index >= 15 is 0 Å². The van der Waals surface area contributed by atoms with Crippen LogP contribution in [0.1, 0.15) is 84.0 Å². The number of benzene rings is 3. The Bertz CT molecular complexity index is 893. The van der Waals surface area contributed by atoms with Gasteiger partial charge in [-0.3, -0.25) is 4.79 Å². The standard InChI is InChI=1S/C34H46NOP/c1-2-3-4-5-6-7-8-9-10-20-28-34(36)35-29-21-30-37(31-22-14-11-15-23-31,32-24-16-12-17-25-32)33-26-18-13-19-27-33/h11-19,22-27H,2-10,20-21,28-30H2,1H3/p+1.